The van der Waals surface area contributed by atoms with Crippen LogP contribution in [-0.2, 0) is 6.42 Å². The van der Waals surface area contributed by atoms with E-state index >= 15 is 0 Å². The molecule has 0 saturated heterocycles. The molecule has 2 heterocycles. The third-order valence-corrected chi connectivity index (χ3v) is 4.24. The van der Waals surface area contributed by atoms with E-state index in [2.05, 4.69) is 9.97 Å². The van der Waals surface area contributed by atoms with Crippen LogP contribution in [-0.4, -0.2) is 21.7 Å². The highest BCUT2D eigenvalue weighted by molar-refractivity contribution is 7.99. The van der Waals surface area contributed by atoms with E-state index in [0.717, 1.165) is 22.0 Å². The van der Waals surface area contributed by atoms with Crippen molar-refractivity contribution in [2.24, 2.45) is 0 Å². The molecule has 0 aliphatic carbocycles. The van der Waals surface area contributed by atoms with Crippen molar-refractivity contribution >= 4 is 23.4 Å². The Balaban J connectivity index is 1.91. The van der Waals surface area contributed by atoms with E-state index in [9.17, 15) is 0 Å². The van der Waals surface area contributed by atoms with Gasteiger partial charge < -0.3 is 9.52 Å². The van der Waals surface area contributed by atoms with Crippen molar-refractivity contribution in [1.82, 2.24) is 9.97 Å². The van der Waals surface area contributed by atoms with Crippen LogP contribution in [0.25, 0.3) is 11.3 Å². The van der Waals surface area contributed by atoms with Gasteiger partial charge in [0.25, 0.3) is 5.22 Å². The van der Waals surface area contributed by atoms with Crippen molar-refractivity contribution in [1.29, 1.82) is 0 Å². The summed E-state index contributed by atoms with van der Waals surface area (Å²) in [5.41, 5.74) is 1.73. The van der Waals surface area contributed by atoms with Gasteiger partial charge in [-0.1, -0.05) is 29.8 Å². The standard InChI is InChI=1S/C17H15ClN2O2S/c18-13-8-6-12(7-9-13)16-14(4-3-11-21)22-17(20-16)23-15-5-1-2-10-19-15/h1-2,5-10,21H,3-4,11H2. The minimum atomic E-state index is 0.115. The molecule has 0 unspecified atom stereocenters. The average molecular weight is 347 g/mol. The van der Waals surface area contributed by atoms with E-state index in [1.807, 2.05) is 42.5 Å². The molecule has 3 rings (SSSR count). The number of aliphatic hydroxyl groups is 1. The summed E-state index contributed by atoms with van der Waals surface area (Å²) < 4.78 is 5.87. The predicted molar refractivity (Wildman–Crippen MR) is 90.7 cm³/mol. The number of hydrogen-bond acceptors (Lipinski definition) is 5. The van der Waals surface area contributed by atoms with Crippen LogP contribution in [0, 0.1) is 0 Å². The van der Waals surface area contributed by atoms with Crippen molar-refractivity contribution in [3.63, 3.8) is 0 Å². The van der Waals surface area contributed by atoms with E-state index in [0.29, 0.717) is 23.1 Å². The molecule has 0 aliphatic heterocycles. The molecule has 0 spiro atoms. The van der Waals surface area contributed by atoms with Crippen LogP contribution >= 0.6 is 23.4 Å². The van der Waals surface area contributed by atoms with Gasteiger partial charge in [-0.05, 0) is 42.4 Å². The second kappa shape index (κ2) is 7.64. The Labute approximate surface area is 143 Å². The van der Waals surface area contributed by atoms with Crippen LogP contribution < -0.4 is 0 Å². The molecule has 0 atom stereocenters. The molecular weight excluding hydrogens is 332 g/mol. The largest absolute Gasteiger partial charge is 0.436 e. The molecule has 1 N–H and O–H groups in total. The highest BCUT2D eigenvalue weighted by Crippen LogP contribution is 2.32. The molecule has 118 valence electrons. The van der Waals surface area contributed by atoms with Gasteiger partial charge in [-0.2, -0.15) is 0 Å². The van der Waals surface area contributed by atoms with E-state index < -0.39 is 0 Å². The van der Waals surface area contributed by atoms with Gasteiger partial charge in [-0.3, -0.25) is 0 Å². The first-order valence-electron chi connectivity index (χ1n) is 7.21. The maximum atomic E-state index is 9.07. The van der Waals surface area contributed by atoms with Gasteiger partial charge in [0.1, 0.15) is 16.5 Å². The smallest absolute Gasteiger partial charge is 0.262 e. The summed E-state index contributed by atoms with van der Waals surface area (Å²) in [6.45, 7) is 0.115. The van der Waals surface area contributed by atoms with Gasteiger partial charge >= 0.3 is 0 Å². The van der Waals surface area contributed by atoms with Gasteiger partial charge in [-0.25, -0.2) is 9.97 Å². The van der Waals surface area contributed by atoms with Gasteiger partial charge in [0.05, 0.1) is 0 Å². The third-order valence-electron chi connectivity index (χ3n) is 3.19. The molecule has 1 aromatic carbocycles. The highest BCUT2D eigenvalue weighted by Gasteiger charge is 2.16. The molecular formula is C17H15ClN2O2S. The van der Waals surface area contributed by atoms with Crippen molar-refractivity contribution in [2.75, 3.05) is 6.61 Å². The number of pyridine rings is 1. The van der Waals surface area contributed by atoms with Gasteiger partial charge in [-0.15, -0.1) is 0 Å². The Bertz CT molecular complexity index is 760. The normalized spacial score (nSPS) is 10.9. The molecule has 4 nitrogen and oxygen atoms in total. The topological polar surface area (TPSA) is 59.2 Å². The van der Waals surface area contributed by atoms with Crippen LogP contribution in [0.4, 0.5) is 0 Å². The highest BCUT2D eigenvalue weighted by atomic mass is 35.5. The lowest BCUT2D eigenvalue weighted by molar-refractivity contribution is 0.282. The van der Waals surface area contributed by atoms with Crippen LogP contribution in [0.1, 0.15) is 12.2 Å². The van der Waals surface area contributed by atoms with Gasteiger partial charge in [0, 0.05) is 29.8 Å². The minimum absolute atomic E-state index is 0.115. The quantitative estimate of drug-likeness (QED) is 0.713. The average Bonchev–Trinajstić information content (AvgIpc) is 2.97. The number of nitrogens with zero attached hydrogens (tertiary/aromatic N) is 2. The fourth-order valence-electron chi connectivity index (χ4n) is 2.11. The van der Waals surface area contributed by atoms with E-state index in [1.54, 1.807) is 6.20 Å². The van der Waals surface area contributed by atoms with Crippen molar-refractivity contribution in [3.8, 4) is 11.3 Å². The van der Waals surface area contributed by atoms with Gasteiger partial charge in [0.15, 0.2) is 0 Å². The Hall–Kier alpha value is -1.82. The Morgan fingerprint density at radius 2 is 1.96 bits per heavy atom. The number of oxazole rings is 1. The predicted octanol–water partition coefficient (Wildman–Crippen LogP) is 4.47. The summed E-state index contributed by atoms with van der Waals surface area (Å²) >= 11 is 7.32. The summed E-state index contributed by atoms with van der Waals surface area (Å²) in [6, 6.07) is 13.2. The van der Waals surface area contributed by atoms with E-state index in [4.69, 9.17) is 21.1 Å². The number of aliphatic hydroxyl groups excluding tert-OH is 1. The third kappa shape index (κ3) is 4.13. The number of aromatic nitrogens is 2. The lowest BCUT2D eigenvalue weighted by atomic mass is 10.1. The summed E-state index contributed by atoms with van der Waals surface area (Å²) in [4.78, 5) is 8.85. The van der Waals surface area contributed by atoms with Crippen LogP contribution in [0.2, 0.25) is 5.02 Å². The molecule has 0 bridgehead atoms. The zero-order valence-corrected chi connectivity index (χ0v) is 13.8. The number of halogens is 1. The van der Waals surface area contributed by atoms with Crippen LogP contribution in [0.3, 0.4) is 0 Å². The first kappa shape index (κ1) is 16.1. The molecule has 3 aromatic rings. The van der Waals surface area contributed by atoms with Crippen molar-refractivity contribution in [2.45, 2.75) is 23.1 Å². The first-order chi connectivity index (χ1) is 11.3. The second-order valence-corrected chi connectivity index (χ2v) is 6.26. The lowest BCUT2D eigenvalue weighted by Crippen LogP contribution is -1.90. The number of hydrogen-bond donors (Lipinski definition) is 1. The van der Waals surface area contributed by atoms with Gasteiger partial charge in [0.2, 0.25) is 0 Å². The number of rotatable bonds is 6. The first-order valence-corrected chi connectivity index (χ1v) is 8.41. The van der Waals surface area contributed by atoms with Crippen LogP contribution in [0.15, 0.2) is 63.3 Å². The molecule has 0 saturated carbocycles. The zero-order chi connectivity index (χ0) is 16.1. The number of benzene rings is 1. The molecule has 0 radical (unpaired) electrons. The Morgan fingerprint density at radius 3 is 2.65 bits per heavy atom. The zero-order valence-electron chi connectivity index (χ0n) is 12.3. The van der Waals surface area contributed by atoms with Crippen molar-refractivity contribution in [3.05, 3.63) is 59.4 Å². The molecule has 6 heteroatoms. The fourth-order valence-corrected chi connectivity index (χ4v) is 2.96. The summed E-state index contributed by atoms with van der Waals surface area (Å²) in [5, 5.41) is 11.1. The molecule has 23 heavy (non-hydrogen) atoms. The Morgan fingerprint density at radius 1 is 1.13 bits per heavy atom. The summed E-state index contributed by atoms with van der Waals surface area (Å²) in [6.07, 6.45) is 2.99. The lowest BCUT2D eigenvalue weighted by Gasteiger charge is -2.00. The SMILES string of the molecule is OCCCc1oc(Sc2ccccn2)nc1-c1ccc(Cl)cc1. The molecule has 0 amide bonds. The van der Waals surface area contributed by atoms with Crippen molar-refractivity contribution < 1.29 is 9.52 Å². The van der Waals surface area contributed by atoms with E-state index in [-0.39, 0.29) is 6.61 Å². The van der Waals surface area contributed by atoms with Crippen LogP contribution in [0.5, 0.6) is 0 Å². The molecule has 0 fully saturated rings. The van der Waals surface area contributed by atoms with E-state index in [1.165, 1.54) is 11.8 Å². The Kier molecular flexibility index (Phi) is 5.33. The minimum Gasteiger partial charge on any atom is -0.436 e. The maximum Gasteiger partial charge on any atom is 0.262 e. The molecule has 0 aliphatic rings. The fraction of sp³-hybridized carbons (Fsp3) is 0.176. The maximum absolute atomic E-state index is 9.07. The number of aryl methyl sites for hydroxylation is 1. The monoisotopic (exact) mass is 346 g/mol. The summed E-state index contributed by atoms with van der Waals surface area (Å²) in [7, 11) is 0. The summed E-state index contributed by atoms with van der Waals surface area (Å²) in [5.74, 6) is 0.764. The second-order valence-electron chi connectivity index (χ2n) is 4.86. The molecule has 2 aromatic heterocycles.